The third-order valence-corrected chi connectivity index (χ3v) is 8.57. The SMILES string of the molecule is CCN(CC)CCN(C)C1=NC(=O)C(=Cc2ccc3c(c2)c(I)nn3Cc2ccc(C(F)(F)F)cc2C(F)(F)F)S1. The maximum atomic E-state index is 13.7. The smallest absolute Gasteiger partial charge is 0.353 e. The van der Waals surface area contributed by atoms with Crippen molar-refractivity contribution in [1.82, 2.24) is 19.6 Å². The normalized spacial score (nSPS) is 15.4. The minimum Gasteiger partial charge on any atom is -0.353 e. The molecule has 0 saturated carbocycles. The molecule has 2 heterocycles. The summed E-state index contributed by atoms with van der Waals surface area (Å²) in [5.41, 5.74) is -1.88. The first-order chi connectivity index (χ1) is 19.2. The highest BCUT2D eigenvalue weighted by atomic mass is 127. The van der Waals surface area contributed by atoms with E-state index in [4.69, 9.17) is 0 Å². The zero-order valence-electron chi connectivity index (χ0n) is 22.3. The Balaban J connectivity index is 1.56. The van der Waals surface area contributed by atoms with Crippen LogP contribution < -0.4 is 0 Å². The predicted molar refractivity (Wildman–Crippen MR) is 156 cm³/mol. The monoisotopic (exact) mass is 709 g/mol. The van der Waals surface area contributed by atoms with Crippen molar-refractivity contribution < 1.29 is 31.1 Å². The third kappa shape index (κ3) is 7.25. The van der Waals surface area contributed by atoms with Crippen LogP contribution in [0.15, 0.2) is 46.3 Å². The Labute approximate surface area is 250 Å². The molecule has 0 aliphatic carbocycles. The number of halogens is 7. The molecule has 4 rings (SSSR count). The number of nitrogens with zero attached hydrogens (tertiary/aromatic N) is 5. The Morgan fingerprint density at radius 2 is 1.71 bits per heavy atom. The van der Waals surface area contributed by atoms with Gasteiger partial charge in [-0.15, -0.1) is 0 Å². The van der Waals surface area contributed by atoms with Gasteiger partial charge in [-0.2, -0.15) is 36.4 Å². The van der Waals surface area contributed by atoms with Crippen LogP contribution in [0.1, 0.15) is 36.1 Å². The molecule has 14 heteroatoms. The van der Waals surface area contributed by atoms with Gasteiger partial charge in [0.2, 0.25) is 0 Å². The molecule has 220 valence electrons. The molecule has 0 fully saturated rings. The van der Waals surface area contributed by atoms with Crippen LogP contribution in [-0.2, 0) is 23.7 Å². The number of hydrogen-bond donors (Lipinski definition) is 0. The van der Waals surface area contributed by atoms with Crippen molar-refractivity contribution in [2.24, 2.45) is 4.99 Å². The van der Waals surface area contributed by atoms with Crippen molar-refractivity contribution in [3.8, 4) is 0 Å². The van der Waals surface area contributed by atoms with Crippen LogP contribution in [0.25, 0.3) is 17.0 Å². The van der Waals surface area contributed by atoms with Crippen LogP contribution in [0.4, 0.5) is 26.3 Å². The minimum absolute atomic E-state index is 0.129. The highest BCUT2D eigenvalue weighted by Crippen LogP contribution is 2.38. The Bertz CT molecular complexity index is 1510. The summed E-state index contributed by atoms with van der Waals surface area (Å²) < 4.78 is 82.0. The fraction of sp³-hybridized carbons (Fsp3) is 0.370. The lowest BCUT2D eigenvalue weighted by Crippen LogP contribution is -2.34. The number of carbonyl (C=O) groups is 1. The van der Waals surface area contributed by atoms with Crippen LogP contribution in [0, 0.1) is 3.70 Å². The maximum Gasteiger partial charge on any atom is 0.416 e. The molecule has 0 bridgehead atoms. The number of fused-ring (bicyclic) bond motifs is 1. The van der Waals surface area contributed by atoms with Crippen molar-refractivity contribution in [2.75, 3.05) is 33.2 Å². The van der Waals surface area contributed by atoms with Crippen molar-refractivity contribution in [2.45, 2.75) is 32.7 Å². The van der Waals surface area contributed by atoms with Gasteiger partial charge in [-0.05, 0) is 88.9 Å². The molecule has 1 amide bonds. The number of alkyl halides is 6. The topological polar surface area (TPSA) is 53.7 Å². The lowest BCUT2D eigenvalue weighted by Gasteiger charge is -2.23. The summed E-state index contributed by atoms with van der Waals surface area (Å²) in [4.78, 5) is 21.4. The molecule has 0 saturated heterocycles. The first kappa shape index (κ1) is 31.3. The average molecular weight is 709 g/mol. The number of thioether (sulfide) groups is 1. The van der Waals surface area contributed by atoms with E-state index in [1.54, 1.807) is 24.3 Å². The van der Waals surface area contributed by atoms with E-state index in [0.29, 0.717) is 42.9 Å². The zero-order valence-corrected chi connectivity index (χ0v) is 25.2. The minimum atomic E-state index is -4.97. The standard InChI is InChI=1S/C27H26F6IN5OS/c1-4-38(5-2)11-10-37(3)25-35-24(40)22(41-25)13-16-6-9-21-19(12-16)23(34)36-39(21)15-17-7-8-18(26(28,29)30)14-20(17)27(31,32)33/h6-9,12-14H,4-5,10-11,15H2,1-3H3. The van der Waals surface area contributed by atoms with Crippen molar-refractivity contribution in [3.63, 3.8) is 0 Å². The Hall–Kier alpha value is -2.59. The van der Waals surface area contributed by atoms with E-state index in [9.17, 15) is 31.1 Å². The lowest BCUT2D eigenvalue weighted by molar-refractivity contribution is -0.143. The molecule has 0 unspecified atom stereocenters. The molecule has 1 aliphatic heterocycles. The second-order valence-corrected chi connectivity index (χ2v) is 11.4. The fourth-order valence-corrected chi connectivity index (χ4v) is 5.92. The summed E-state index contributed by atoms with van der Waals surface area (Å²) in [6.07, 6.45) is -8.17. The van der Waals surface area contributed by atoms with Crippen molar-refractivity contribution >= 4 is 62.4 Å². The molecule has 41 heavy (non-hydrogen) atoms. The number of amidine groups is 1. The predicted octanol–water partition coefficient (Wildman–Crippen LogP) is 6.97. The van der Waals surface area contributed by atoms with E-state index in [1.807, 2.05) is 34.5 Å². The Kier molecular flexibility index (Phi) is 9.43. The van der Waals surface area contributed by atoms with Gasteiger partial charge in [-0.25, -0.2) is 0 Å². The van der Waals surface area contributed by atoms with Crippen LogP contribution in [-0.4, -0.2) is 63.9 Å². The van der Waals surface area contributed by atoms with Gasteiger partial charge in [0.15, 0.2) is 5.17 Å². The van der Waals surface area contributed by atoms with E-state index in [2.05, 4.69) is 28.8 Å². The van der Waals surface area contributed by atoms with E-state index >= 15 is 0 Å². The van der Waals surface area contributed by atoms with Gasteiger partial charge < -0.3 is 9.80 Å². The van der Waals surface area contributed by atoms with Crippen LogP contribution in [0.3, 0.4) is 0 Å². The Morgan fingerprint density at radius 1 is 1.00 bits per heavy atom. The number of likely N-dealkylation sites (N-methyl/N-ethyl adjacent to an activating group) is 2. The number of aliphatic imine (C=N–C) groups is 1. The van der Waals surface area contributed by atoms with E-state index in [0.717, 1.165) is 25.7 Å². The average Bonchev–Trinajstić information content (AvgIpc) is 3.42. The molecule has 1 aromatic heterocycles. The van der Waals surface area contributed by atoms with Gasteiger partial charge in [0.05, 0.1) is 28.1 Å². The molecular weight excluding hydrogens is 683 g/mol. The molecule has 1 aliphatic rings. The van der Waals surface area contributed by atoms with E-state index in [1.165, 1.54) is 16.4 Å². The van der Waals surface area contributed by atoms with Gasteiger partial charge >= 0.3 is 12.4 Å². The van der Waals surface area contributed by atoms with Crippen LogP contribution in [0.5, 0.6) is 0 Å². The first-order valence-electron chi connectivity index (χ1n) is 12.6. The number of hydrogen-bond acceptors (Lipinski definition) is 5. The summed E-state index contributed by atoms with van der Waals surface area (Å²) in [7, 11) is 1.88. The van der Waals surface area contributed by atoms with Crippen LogP contribution >= 0.6 is 34.4 Å². The Morgan fingerprint density at radius 3 is 2.34 bits per heavy atom. The highest BCUT2D eigenvalue weighted by molar-refractivity contribution is 14.1. The second-order valence-electron chi connectivity index (χ2n) is 9.35. The highest BCUT2D eigenvalue weighted by Gasteiger charge is 2.38. The van der Waals surface area contributed by atoms with Crippen LogP contribution in [0.2, 0.25) is 0 Å². The van der Waals surface area contributed by atoms with E-state index < -0.39 is 23.5 Å². The molecule has 2 aromatic carbocycles. The van der Waals surface area contributed by atoms with Gasteiger partial charge in [-0.1, -0.05) is 26.0 Å². The molecule has 0 atom stereocenters. The molecule has 0 N–H and O–H groups in total. The summed E-state index contributed by atoms with van der Waals surface area (Å²) in [6.45, 7) is 7.22. The third-order valence-electron chi connectivity index (χ3n) is 6.67. The number of benzene rings is 2. The quantitative estimate of drug-likeness (QED) is 0.144. The van der Waals surface area contributed by atoms with Gasteiger partial charge in [-0.3, -0.25) is 9.48 Å². The number of rotatable bonds is 8. The summed E-state index contributed by atoms with van der Waals surface area (Å²) in [6, 6.07) is 6.74. The van der Waals surface area contributed by atoms with Gasteiger partial charge in [0.1, 0.15) is 3.70 Å². The molecule has 3 aromatic rings. The fourth-order valence-electron chi connectivity index (χ4n) is 4.32. The molecule has 6 nitrogen and oxygen atoms in total. The van der Waals surface area contributed by atoms with Crippen molar-refractivity contribution in [1.29, 1.82) is 0 Å². The maximum absolute atomic E-state index is 13.7. The number of carbonyl (C=O) groups excluding carboxylic acids is 1. The van der Waals surface area contributed by atoms with Gasteiger partial charge in [0.25, 0.3) is 5.91 Å². The summed E-state index contributed by atoms with van der Waals surface area (Å²) >= 11 is 3.22. The van der Waals surface area contributed by atoms with Crippen molar-refractivity contribution in [3.05, 3.63) is 67.3 Å². The van der Waals surface area contributed by atoms with E-state index in [-0.39, 0.29) is 24.1 Å². The number of aromatic nitrogens is 2. The molecular formula is C27H26F6IN5OS. The van der Waals surface area contributed by atoms with Gasteiger partial charge in [0, 0.05) is 25.5 Å². The second kappa shape index (κ2) is 12.3. The molecule has 0 spiro atoms. The largest absolute Gasteiger partial charge is 0.416 e. The number of amides is 1. The first-order valence-corrected chi connectivity index (χ1v) is 14.5. The summed E-state index contributed by atoms with van der Waals surface area (Å²) in [5, 5.41) is 5.58. The summed E-state index contributed by atoms with van der Waals surface area (Å²) in [5.74, 6) is -0.354. The zero-order chi connectivity index (χ0) is 30.1. The molecule has 0 radical (unpaired) electrons. The lowest BCUT2D eigenvalue weighted by atomic mass is 10.0.